The minimum atomic E-state index is 0.233. The van der Waals surface area contributed by atoms with Crippen molar-refractivity contribution in [2.45, 2.75) is 52.5 Å². The lowest BCUT2D eigenvalue weighted by molar-refractivity contribution is 0.173. The van der Waals surface area contributed by atoms with Crippen LogP contribution in [0.2, 0.25) is 0 Å². The fraction of sp³-hybridized carbons (Fsp3) is 0.733. The SMILES string of the molecule is CCCCN(CCCC)C(CN)c1ccc(C)o1. The molecule has 0 aliphatic rings. The van der Waals surface area contributed by atoms with Gasteiger partial charge < -0.3 is 10.2 Å². The zero-order valence-electron chi connectivity index (χ0n) is 12.1. The quantitative estimate of drug-likeness (QED) is 0.731. The van der Waals surface area contributed by atoms with Gasteiger partial charge in [-0.15, -0.1) is 0 Å². The molecule has 0 saturated heterocycles. The van der Waals surface area contributed by atoms with Crippen molar-refractivity contribution in [3.63, 3.8) is 0 Å². The van der Waals surface area contributed by atoms with Gasteiger partial charge in [0.05, 0.1) is 6.04 Å². The summed E-state index contributed by atoms with van der Waals surface area (Å²) in [6.07, 6.45) is 4.88. The maximum Gasteiger partial charge on any atom is 0.122 e. The van der Waals surface area contributed by atoms with E-state index in [9.17, 15) is 0 Å². The zero-order chi connectivity index (χ0) is 13.4. The summed E-state index contributed by atoms with van der Waals surface area (Å²) in [6, 6.07) is 4.32. The Hall–Kier alpha value is -0.800. The maximum absolute atomic E-state index is 5.96. The molecular formula is C15H28N2O. The minimum absolute atomic E-state index is 0.233. The highest BCUT2D eigenvalue weighted by molar-refractivity contribution is 5.10. The summed E-state index contributed by atoms with van der Waals surface area (Å²) in [7, 11) is 0. The van der Waals surface area contributed by atoms with Crippen LogP contribution in [-0.4, -0.2) is 24.5 Å². The van der Waals surface area contributed by atoms with Gasteiger partial charge in [0.15, 0.2) is 0 Å². The second kappa shape index (κ2) is 8.33. The van der Waals surface area contributed by atoms with Crippen molar-refractivity contribution < 1.29 is 4.42 Å². The van der Waals surface area contributed by atoms with Gasteiger partial charge in [0.25, 0.3) is 0 Å². The third-order valence-electron chi connectivity index (χ3n) is 3.35. The second-order valence-electron chi connectivity index (χ2n) is 4.94. The summed E-state index contributed by atoms with van der Waals surface area (Å²) >= 11 is 0. The molecule has 1 atom stereocenters. The van der Waals surface area contributed by atoms with Crippen molar-refractivity contribution >= 4 is 0 Å². The van der Waals surface area contributed by atoms with Crippen LogP contribution in [0.5, 0.6) is 0 Å². The Morgan fingerprint density at radius 3 is 2.17 bits per heavy atom. The summed E-state index contributed by atoms with van der Waals surface area (Å²) in [5.74, 6) is 1.98. The average Bonchev–Trinajstić information content (AvgIpc) is 2.79. The predicted octanol–water partition coefficient (Wildman–Crippen LogP) is 3.49. The summed E-state index contributed by atoms with van der Waals surface area (Å²) < 4.78 is 5.76. The monoisotopic (exact) mass is 252 g/mol. The number of nitrogens with two attached hydrogens (primary N) is 1. The first-order chi connectivity index (χ1) is 8.72. The number of hydrogen-bond donors (Lipinski definition) is 1. The van der Waals surface area contributed by atoms with Crippen LogP contribution in [0.3, 0.4) is 0 Å². The van der Waals surface area contributed by atoms with Crippen LogP contribution < -0.4 is 5.73 Å². The van der Waals surface area contributed by atoms with Gasteiger partial charge in [-0.3, -0.25) is 4.90 Å². The molecule has 0 saturated carbocycles. The number of aryl methyl sites for hydroxylation is 1. The van der Waals surface area contributed by atoms with E-state index in [1.165, 1.54) is 25.7 Å². The highest BCUT2D eigenvalue weighted by atomic mass is 16.3. The van der Waals surface area contributed by atoms with Crippen LogP contribution in [0, 0.1) is 6.92 Å². The molecule has 104 valence electrons. The molecule has 1 unspecified atom stereocenters. The molecule has 0 radical (unpaired) electrons. The first-order valence-electron chi connectivity index (χ1n) is 7.23. The maximum atomic E-state index is 5.96. The molecule has 1 aromatic rings. The van der Waals surface area contributed by atoms with Crippen molar-refractivity contribution in [2.75, 3.05) is 19.6 Å². The Morgan fingerprint density at radius 1 is 1.17 bits per heavy atom. The normalized spacial score (nSPS) is 13.2. The molecule has 0 aliphatic heterocycles. The van der Waals surface area contributed by atoms with Gasteiger partial charge in [-0.05, 0) is 45.0 Å². The van der Waals surface area contributed by atoms with Crippen LogP contribution >= 0.6 is 0 Å². The Balaban J connectivity index is 2.71. The van der Waals surface area contributed by atoms with Gasteiger partial charge >= 0.3 is 0 Å². The van der Waals surface area contributed by atoms with E-state index in [0.29, 0.717) is 6.54 Å². The molecule has 18 heavy (non-hydrogen) atoms. The fourth-order valence-electron chi connectivity index (χ4n) is 2.22. The zero-order valence-corrected chi connectivity index (χ0v) is 12.1. The van der Waals surface area contributed by atoms with E-state index in [4.69, 9.17) is 10.2 Å². The van der Waals surface area contributed by atoms with Gasteiger partial charge in [-0.1, -0.05) is 26.7 Å². The molecule has 0 bridgehead atoms. The van der Waals surface area contributed by atoms with Gasteiger partial charge in [0.2, 0.25) is 0 Å². The summed E-state index contributed by atoms with van der Waals surface area (Å²) in [5, 5.41) is 0. The van der Waals surface area contributed by atoms with Gasteiger partial charge in [0, 0.05) is 6.54 Å². The topological polar surface area (TPSA) is 42.4 Å². The number of nitrogens with zero attached hydrogens (tertiary/aromatic N) is 1. The van der Waals surface area contributed by atoms with Gasteiger partial charge in [-0.2, -0.15) is 0 Å². The minimum Gasteiger partial charge on any atom is -0.465 e. The molecule has 1 aromatic heterocycles. The van der Waals surface area contributed by atoms with Crippen molar-refractivity contribution in [3.8, 4) is 0 Å². The number of furan rings is 1. The lowest BCUT2D eigenvalue weighted by atomic mass is 10.1. The Morgan fingerprint density at radius 2 is 1.78 bits per heavy atom. The van der Waals surface area contributed by atoms with Crippen molar-refractivity contribution in [1.82, 2.24) is 4.90 Å². The van der Waals surface area contributed by atoms with Crippen LogP contribution in [0.1, 0.15) is 57.1 Å². The molecule has 0 aliphatic carbocycles. The Kier molecular flexibility index (Phi) is 7.06. The van der Waals surface area contributed by atoms with E-state index < -0.39 is 0 Å². The molecule has 0 spiro atoms. The van der Waals surface area contributed by atoms with Crippen LogP contribution in [0.4, 0.5) is 0 Å². The van der Waals surface area contributed by atoms with Crippen molar-refractivity contribution in [1.29, 1.82) is 0 Å². The molecule has 3 nitrogen and oxygen atoms in total. The third-order valence-corrected chi connectivity index (χ3v) is 3.35. The smallest absolute Gasteiger partial charge is 0.122 e. The number of hydrogen-bond acceptors (Lipinski definition) is 3. The Bertz CT molecular complexity index is 314. The summed E-state index contributed by atoms with van der Waals surface area (Å²) in [4.78, 5) is 2.48. The summed E-state index contributed by atoms with van der Waals surface area (Å²) in [6.45, 7) is 9.29. The van der Waals surface area contributed by atoms with E-state index in [1.807, 2.05) is 13.0 Å². The molecule has 0 amide bonds. The van der Waals surface area contributed by atoms with Gasteiger partial charge in [-0.25, -0.2) is 0 Å². The lowest BCUT2D eigenvalue weighted by Gasteiger charge is -2.29. The largest absolute Gasteiger partial charge is 0.465 e. The first kappa shape index (κ1) is 15.3. The Labute approximate surface area is 111 Å². The number of rotatable bonds is 9. The molecule has 1 rings (SSSR count). The van der Waals surface area contributed by atoms with Gasteiger partial charge in [0.1, 0.15) is 11.5 Å². The molecular weight excluding hydrogens is 224 g/mol. The highest BCUT2D eigenvalue weighted by Crippen LogP contribution is 2.22. The molecule has 2 N–H and O–H groups in total. The molecule has 0 fully saturated rings. The standard InChI is InChI=1S/C15H28N2O/c1-4-6-10-17(11-7-5-2)14(12-16)15-9-8-13(3)18-15/h8-9,14H,4-7,10-12,16H2,1-3H3. The highest BCUT2D eigenvalue weighted by Gasteiger charge is 2.20. The van der Waals surface area contributed by atoms with E-state index >= 15 is 0 Å². The van der Waals surface area contributed by atoms with E-state index in [2.05, 4.69) is 24.8 Å². The summed E-state index contributed by atoms with van der Waals surface area (Å²) in [5.41, 5.74) is 5.96. The molecule has 3 heteroatoms. The second-order valence-corrected chi connectivity index (χ2v) is 4.94. The fourth-order valence-corrected chi connectivity index (χ4v) is 2.22. The number of unbranched alkanes of at least 4 members (excludes halogenated alkanes) is 2. The van der Waals surface area contributed by atoms with E-state index in [1.54, 1.807) is 0 Å². The third kappa shape index (κ3) is 4.46. The van der Waals surface area contributed by atoms with E-state index in [0.717, 1.165) is 24.6 Å². The average molecular weight is 252 g/mol. The lowest BCUT2D eigenvalue weighted by Crippen LogP contribution is -2.35. The predicted molar refractivity (Wildman–Crippen MR) is 76.6 cm³/mol. The van der Waals surface area contributed by atoms with Crippen molar-refractivity contribution in [2.24, 2.45) is 5.73 Å². The molecule has 1 heterocycles. The molecule has 0 aromatic carbocycles. The first-order valence-corrected chi connectivity index (χ1v) is 7.23. The van der Waals surface area contributed by atoms with Crippen LogP contribution in [-0.2, 0) is 0 Å². The van der Waals surface area contributed by atoms with Crippen LogP contribution in [0.15, 0.2) is 16.5 Å². The van der Waals surface area contributed by atoms with E-state index in [-0.39, 0.29) is 6.04 Å². The van der Waals surface area contributed by atoms with Crippen LogP contribution in [0.25, 0.3) is 0 Å². The van der Waals surface area contributed by atoms with Crippen molar-refractivity contribution in [3.05, 3.63) is 23.7 Å².